The van der Waals surface area contributed by atoms with Crippen LogP contribution in [-0.2, 0) is 6.54 Å². The van der Waals surface area contributed by atoms with Crippen LogP contribution in [0, 0.1) is 12.7 Å². The van der Waals surface area contributed by atoms with E-state index in [2.05, 4.69) is 10.6 Å². The van der Waals surface area contributed by atoms with Gasteiger partial charge in [-0.15, -0.1) is 0 Å². The van der Waals surface area contributed by atoms with Crippen molar-refractivity contribution in [2.24, 2.45) is 5.73 Å². The van der Waals surface area contributed by atoms with Gasteiger partial charge in [0.25, 0.3) is 0 Å². The van der Waals surface area contributed by atoms with Crippen LogP contribution >= 0.6 is 0 Å². The normalized spacial score (nSPS) is 10.2. The van der Waals surface area contributed by atoms with E-state index in [-0.39, 0.29) is 12.4 Å². The number of aryl methyl sites for hydroxylation is 1. The molecule has 0 radical (unpaired) electrons. The maximum atomic E-state index is 13.1. The number of halogens is 1. The van der Waals surface area contributed by atoms with Crippen molar-refractivity contribution >= 4 is 17.4 Å². The van der Waals surface area contributed by atoms with E-state index in [1.54, 1.807) is 6.07 Å². The molecule has 2 rings (SSSR count). The third kappa shape index (κ3) is 3.55. The molecule has 5 heteroatoms. The van der Waals surface area contributed by atoms with Crippen molar-refractivity contribution in [1.82, 2.24) is 0 Å². The van der Waals surface area contributed by atoms with Gasteiger partial charge in [0.15, 0.2) is 0 Å². The number of carbonyl (C=O) groups excluding carboxylic acids is 1. The third-order valence-corrected chi connectivity index (χ3v) is 2.81. The van der Waals surface area contributed by atoms with Gasteiger partial charge in [-0.3, -0.25) is 0 Å². The van der Waals surface area contributed by atoms with Crippen molar-refractivity contribution in [2.45, 2.75) is 13.5 Å². The van der Waals surface area contributed by atoms with Crippen LogP contribution in [0.2, 0.25) is 0 Å². The van der Waals surface area contributed by atoms with Crippen LogP contribution < -0.4 is 16.4 Å². The molecule has 104 valence electrons. The summed E-state index contributed by atoms with van der Waals surface area (Å²) in [6.45, 7) is 2.09. The maximum absolute atomic E-state index is 13.1. The second kappa shape index (κ2) is 6.16. The minimum absolute atomic E-state index is 0.151. The summed E-state index contributed by atoms with van der Waals surface area (Å²) in [4.78, 5) is 11.9. The molecule has 0 aliphatic heterocycles. The van der Waals surface area contributed by atoms with Gasteiger partial charge in [0.2, 0.25) is 0 Å². The molecule has 2 aromatic rings. The molecule has 0 saturated carbocycles. The molecule has 20 heavy (non-hydrogen) atoms. The number of amides is 2. The first-order valence-corrected chi connectivity index (χ1v) is 6.21. The van der Waals surface area contributed by atoms with Gasteiger partial charge in [-0.05, 0) is 48.4 Å². The number of hydrogen-bond acceptors (Lipinski definition) is 2. The summed E-state index contributed by atoms with van der Waals surface area (Å²) in [6, 6.07) is 11.1. The van der Waals surface area contributed by atoms with Gasteiger partial charge in [-0.25, -0.2) is 9.18 Å². The van der Waals surface area contributed by atoms with Crippen LogP contribution in [-0.4, -0.2) is 6.03 Å². The minimum Gasteiger partial charge on any atom is -0.326 e. The molecule has 0 bridgehead atoms. The van der Waals surface area contributed by atoms with Gasteiger partial charge in [-0.1, -0.05) is 12.1 Å². The van der Waals surface area contributed by atoms with E-state index < -0.39 is 6.03 Å². The van der Waals surface area contributed by atoms with Crippen LogP contribution in [0.15, 0.2) is 42.5 Å². The molecule has 0 fully saturated rings. The smallest absolute Gasteiger partial charge is 0.323 e. The average molecular weight is 273 g/mol. The highest BCUT2D eigenvalue weighted by Crippen LogP contribution is 2.17. The van der Waals surface area contributed by atoms with E-state index >= 15 is 0 Å². The molecule has 0 aliphatic carbocycles. The van der Waals surface area contributed by atoms with Gasteiger partial charge in [0, 0.05) is 17.9 Å². The van der Waals surface area contributed by atoms with E-state index in [0.29, 0.717) is 16.9 Å². The predicted molar refractivity (Wildman–Crippen MR) is 78.1 cm³/mol. The van der Waals surface area contributed by atoms with Crippen LogP contribution in [0.5, 0.6) is 0 Å². The van der Waals surface area contributed by atoms with Gasteiger partial charge < -0.3 is 16.4 Å². The second-order valence-corrected chi connectivity index (χ2v) is 4.45. The molecule has 4 N–H and O–H groups in total. The highest BCUT2D eigenvalue weighted by atomic mass is 19.1. The summed E-state index contributed by atoms with van der Waals surface area (Å²) in [6.07, 6.45) is 0. The number of urea groups is 1. The number of hydrogen-bond donors (Lipinski definition) is 3. The quantitative estimate of drug-likeness (QED) is 0.803. The summed E-state index contributed by atoms with van der Waals surface area (Å²) < 4.78 is 13.1. The minimum atomic E-state index is -0.392. The first-order chi connectivity index (χ1) is 9.58. The Morgan fingerprint density at radius 3 is 2.70 bits per heavy atom. The molecule has 4 nitrogen and oxygen atoms in total. The van der Waals surface area contributed by atoms with E-state index in [9.17, 15) is 9.18 Å². The van der Waals surface area contributed by atoms with Crippen molar-refractivity contribution < 1.29 is 9.18 Å². The lowest BCUT2D eigenvalue weighted by molar-refractivity contribution is 0.262. The molecule has 0 unspecified atom stereocenters. The standard InChI is InChI=1S/C15H16FN3O/c1-10-3-2-4-13(7-10)18-15(20)19-14-6-5-12(16)8-11(14)9-17/h2-8H,9,17H2,1H3,(H2,18,19,20). The lowest BCUT2D eigenvalue weighted by Crippen LogP contribution is -2.20. The zero-order valence-corrected chi connectivity index (χ0v) is 11.1. The van der Waals surface area contributed by atoms with Crippen LogP contribution in [0.1, 0.15) is 11.1 Å². The molecule has 0 aromatic heterocycles. The van der Waals surface area contributed by atoms with Crippen molar-refractivity contribution in [3.05, 3.63) is 59.4 Å². The van der Waals surface area contributed by atoms with Gasteiger partial charge in [-0.2, -0.15) is 0 Å². The number of nitrogens with one attached hydrogen (secondary N) is 2. The fraction of sp³-hybridized carbons (Fsp3) is 0.133. The summed E-state index contributed by atoms with van der Waals surface area (Å²) in [5.41, 5.74) is 8.32. The molecule has 2 amide bonds. The molecule has 0 aliphatic rings. The fourth-order valence-corrected chi connectivity index (χ4v) is 1.86. The summed E-state index contributed by atoms with van der Waals surface area (Å²) >= 11 is 0. The summed E-state index contributed by atoms with van der Waals surface area (Å²) in [7, 11) is 0. The van der Waals surface area contributed by atoms with Crippen LogP contribution in [0.25, 0.3) is 0 Å². The summed E-state index contributed by atoms with van der Waals surface area (Å²) in [5.74, 6) is -0.380. The Balaban J connectivity index is 2.08. The number of rotatable bonds is 3. The number of nitrogens with two attached hydrogens (primary N) is 1. The van der Waals surface area contributed by atoms with Crippen LogP contribution in [0.3, 0.4) is 0 Å². The van der Waals surface area contributed by atoms with Gasteiger partial charge in [0.05, 0.1) is 0 Å². The van der Waals surface area contributed by atoms with Crippen molar-refractivity contribution in [3.8, 4) is 0 Å². The Morgan fingerprint density at radius 1 is 1.20 bits per heavy atom. The number of carbonyl (C=O) groups is 1. The van der Waals surface area contributed by atoms with E-state index in [0.717, 1.165) is 5.56 Å². The Bertz CT molecular complexity index is 628. The van der Waals surface area contributed by atoms with Crippen molar-refractivity contribution in [1.29, 1.82) is 0 Å². The monoisotopic (exact) mass is 273 g/mol. The molecule has 0 saturated heterocycles. The van der Waals surface area contributed by atoms with Crippen LogP contribution in [0.4, 0.5) is 20.6 Å². The Hall–Kier alpha value is -2.40. The third-order valence-electron chi connectivity index (χ3n) is 2.81. The second-order valence-electron chi connectivity index (χ2n) is 4.45. The highest BCUT2D eigenvalue weighted by Gasteiger charge is 2.07. The average Bonchev–Trinajstić information content (AvgIpc) is 2.40. The Kier molecular flexibility index (Phi) is 4.32. The van der Waals surface area contributed by atoms with E-state index in [1.165, 1.54) is 18.2 Å². The lowest BCUT2D eigenvalue weighted by Gasteiger charge is -2.11. The zero-order chi connectivity index (χ0) is 14.5. The predicted octanol–water partition coefficient (Wildman–Crippen LogP) is 3.24. The maximum Gasteiger partial charge on any atom is 0.323 e. The molecule has 2 aromatic carbocycles. The molecule has 0 heterocycles. The first kappa shape index (κ1) is 14.0. The number of anilines is 2. The topological polar surface area (TPSA) is 67.2 Å². The van der Waals surface area contributed by atoms with E-state index in [4.69, 9.17) is 5.73 Å². The molecular formula is C15H16FN3O. The zero-order valence-electron chi connectivity index (χ0n) is 11.1. The molecule has 0 spiro atoms. The highest BCUT2D eigenvalue weighted by molar-refractivity contribution is 6.00. The van der Waals surface area contributed by atoms with Crippen molar-refractivity contribution in [3.63, 3.8) is 0 Å². The number of benzene rings is 2. The largest absolute Gasteiger partial charge is 0.326 e. The molecular weight excluding hydrogens is 257 g/mol. The first-order valence-electron chi connectivity index (χ1n) is 6.21. The lowest BCUT2D eigenvalue weighted by atomic mass is 10.1. The SMILES string of the molecule is Cc1cccc(NC(=O)Nc2ccc(F)cc2CN)c1. The Morgan fingerprint density at radius 2 is 2.00 bits per heavy atom. The van der Waals surface area contributed by atoms with E-state index in [1.807, 2.05) is 25.1 Å². The van der Waals surface area contributed by atoms with Gasteiger partial charge in [0.1, 0.15) is 5.82 Å². The van der Waals surface area contributed by atoms with Gasteiger partial charge >= 0.3 is 6.03 Å². The van der Waals surface area contributed by atoms with Crippen molar-refractivity contribution in [2.75, 3.05) is 10.6 Å². The fourth-order valence-electron chi connectivity index (χ4n) is 1.86. The Labute approximate surface area is 116 Å². The summed E-state index contributed by atoms with van der Waals surface area (Å²) in [5, 5.41) is 5.37. The molecule has 0 atom stereocenters.